The van der Waals surface area contributed by atoms with E-state index in [1.807, 2.05) is 32.9 Å². The molecule has 0 bridgehead atoms. The normalized spacial score (nSPS) is 15.8. The van der Waals surface area contributed by atoms with Crippen LogP contribution in [0, 0.1) is 18.2 Å². The number of benzene rings is 1. The Balaban J connectivity index is 1.65. The number of aromatic nitrogens is 2. The summed E-state index contributed by atoms with van der Waals surface area (Å²) in [4.78, 5) is 23.9. The zero-order valence-corrected chi connectivity index (χ0v) is 23.4. The molecule has 208 valence electrons. The molecule has 1 aromatic carbocycles. The Kier molecular flexibility index (Phi) is 8.85. The minimum atomic E-state index is -1.14. The average Bonchev–Trinajstić information content (AvgIpc) is 2.89. The summed E-state index contributed by atoms with van der Waals surface area (Å²) in [6.07, 6.45) is 4.66. The molecule has 0 saturated carbocycles. The number of piperidine rings is 1. The molecule has 0 spiro atoms. The minimum absolute atomic E-state index is 0.227. The molecule has 1 fully saturated rings. The van der Waals surface area contributed by atoms with Gasteiger partial charge in [0.2, 0.25) is 0 Å². The number of rotatable bonds is 10. The van der Waals surface area contributed by atoms with Gasteiger partial charge >= 0.3 is 5.97 Å². The van der Waals surface area contributed by atoms with Crippen molar-refractivity contribution in [2.45, 2.75) is 66.1 Å². The molecule has 1 aliphatic heterocycles. The van der Waals surface area contributed by atoms with Crippen molar-refractivity contribution in [2.24, 2.45) is 5.41 Å². The number of aryl methyl sites for hydroxylation is 1. The van der Waals surface area contributed by atoms with Gasteiger partial charge in [-0.15, -0.1) is 0 Å². The fraction of sp³-hybridized carbons (Fsp3) is 0.452. The Morgan fingerprint density at radius 2 is 1.77 bits per heavy atom. The summed E-state index contributed by atoms with van der Waals surface area (Å²) in [5, 5.41) is 10.2. The Bertz CT molecular complexity index is 1270. The first-order valence-electron chi connectivity index (χ1n) is 13.5. The first-order chi connectivity index (χ1) is 18.5. The number of hydrogen-bond donors (Lipinski definition) is 1. The summed E-state index contributed by atoms with van der Waals surface area (Å²) >= 11 is 0. The molecule has 8 heteroatoms. The van der Waals surface area contributed by atoms with E-state index in [0.717, 1.165) is 42.7 Å². The summed E-state index contributed by atoms with van der Waals surface area (Å²) in [5.74, 6) is -0.678. The first-order valence-corrected chi connectivity index (χ1v) is 13.5. The zero-order chi connectivity index (χ0) is 28.2. The quantitative estimate of drug-likeness (QED) is 0.322. The Morgan fingerprint density at radius 3 is 2.36 bits per heavy atom. The van der Waals surface area contributed by atoms with Gasteiger partial charge in [-0.2, -0.15) is 0 Å². The van der Waals surface area contributed by atoms with Crippen LogP contribution >= 0.6 is 0 Å². The van der Waals surface area contributed by atoms with E-state index in [9.17, 15) is 14.3 Å². The molecular weight excluding hydrogens is 497 g/mol. The van der Waals surface area contributed by atoms with E-state index in [0.29, 0.717) is 35.7 Å². The first kappa shape index (κ1) is 28.5. The van der Waals surface area contributed by atoms with Crippen molar-refractivity contribution in [1.82, 2.24) is 9.97 Å². The van der Waals surface area contributed by atoms with Crippen LogP contribution in [0.2, 0.25) is 0 Å². The van der Waals surface area contributed by atoms with Crippen molar-refractivity contribution in [1.29, 1.82) is 0 Å². The molecule has 3 heterocycles. The molecule has 0 aliphatic carbocycles. The van der Waals surface area contributed by atoms with Crippen LogP contribution < -0.4 is 9.64 Å². The number of pyridine rings is 2. The van der Waals surface area contributed by atoms with Crippen molar-refractivity contribution in [3.63, 3.8) is 0 Å². The van der Waals surface area contributed by atoms with E-state index in [1.165, 1.54) is 12.1 Å². The predicted octanol–water partition coefficient (Wildman–Crippen LogP) is 6.39. The van der Waals surface area contributed by atoms with E-state index < -0.39 is 12.1 Å². The fourth-order valence-electron chi connectivity index (χ4n) is 4.87. The summed E-state index contributed by atoms with van der Waals surface area (Å²) in [6.45, 7) is 12.1. The zero-order valence-electron chi connectivity index (χ0n) is 23.4. The standard InChI is InChI=1S/C31H38FN3O4/c1-20(2)39-29(30(36)37)27-21(3)33-19-25(28(27)35-15-13-31(4,5)14-16-35)26-11-10-24(18-34-26)38-17-12-22-6-8-23(32)9-7-22/h6-11,18-20,29H,12-17H2,1-5H3,(H,36,37)/t29-/m0/s1. The smallest absolute Gasteiger partial charge is 0.337 e. The lowest BCUT2D eigenvalue weighted by molar-refractivity contribution is -0.153. The molecule has 1 N–H and O–H groups in total. The molecule has 0 radical (unpaired) electrons. The van der Waals surface area contributed by atoms with Gasteiger partial charge in [-0.05, 0) is 68.9 Å². The van der Waals surface area contributed by atoms with Crippen LogP contribution in [0.25, 0.3) is 11.3 Å². The van der Waals surface area contributed by atoms with Crippen LogP contribution in [-0.4, -0.2) is 46.8 Å². The van der Waals surface area contributed by atoms with Crippen LogP contribution in [0.5, 0.6) is 5.75 Å². The van der Waals surface area contributed by atoms with Crippen molar-refractivity contribution in [2.75, 3.05) is 24.6 Å². The van der Waals surface area contributed by atoms with Gasteiger partial charge in [0.25, 0.3) is 0 Å². The van der Waals surface area contributed by atoms with E-state index in [2.05, 4.69) is 28.7 Å². The summed E-state index contributed by atoms with van der Waals surface area (Å²) < 4.78 is 24.9. The minimum Gasteiger partial charge on any atom is -0.492 e. The fourth-order valence-corrected chi connectivity index (χ4v) is 4.87. The van der Waals surface area contributed by atoms with Crippen LogP contribution in [0.1, 0.15) is 63.5 Å². The predicted molar refractivity (Wildman–Crippen MR) is 150 cm³/mol. The number of carboxylic acid groups (broad SMARTS) is 1. The molecule has 0 unspecified atom stereocenters. The lowest BCUT2D eigenvalue weighted by Gasteiger charge is -2.40. The highest BCUT2D eigenvalue weighted by atomic mass is 19.1. The number of hydrogen-bond acceptors (Lipinski definition) is 6. The molecule has 1 atom stereocenters. The number of halogens is 1. The second-order valence-electron chi connectivity index (χ2n) is 11.2. The van der Waals surface area contributed by atoms with Crippen molar-refractivity contribution in [3.05, 3.63) is 71.4 Å². The van der Waals surface area contributed by atoms with Gasteiger partial charge in [0.05, 0.1) is 30.3 Å². The van der Waals surface area contributed by atoms with E-state index in [1.54, 1.807) is 24.5 Å². The van der Waals surface area contributed by atoms with Gasteiger partial charge in [-0.25, -0.2) is 9.18 Å². The highest BCUT2D eigenvalue weighted by molar-refractivity contribution is 5.85. The Hall–Kier alpha value is -3.52. The topological polar surface area (TPSA) is 84.8 Å². The van der Waals surface area contributed by atoms with Crippen LogP contribution in [0.4, 0.5) is 10.1 Å². The molecule has 3 aromatic rings. The molecule has 1 saturated heterocycles. The maximum Gasteiger partial charge on any atom is 0.337 e. The Morgan fingerprint density at radius 1 is 1.08 bits per heavy atom. The number of carboxylic acids is 1. The highest BCUT2D eigenvalue weighted by Crippen LogP contribution is 2.42. The third-order valence-electron chi connectivity index (χ3n) is 7.20. The maximum atomic E-state index is 13.1. The average molecular weight is 536 g/mol. The molecule has 7 nitrogen and oxygen atoms in total. The van der Waals surface area contributed by atoms with Crippen LogP contribution in [-0.2, 0) is 16.0 Å². The molecular formula is C31H38FN3O4. The number of aliphatic carboxylic acids is 1. The van der Waals surface area contributed by atoms with Crippen LogP contribution in [0.15, 0.2) is 48.8 Å². The SMILES string of the molecule is Cc1ncc(-c2ccc(OCCc3ccc(F)cc3)cn2)c(N2CCC(C)(C)CC2)c1[C@H](OC(C)C)C(=O)O. The van der Waals surface area contributed by atoms with Gasteiger partial charge in [0.1, 0.15) is 11.6 Å². The lowest BCUT2D eigenvalue weighted by atomic mass is 9.82. The molecule has 4 rings (SSSR count). The van der Waals surface area contributed by atoms with Crippen LogP contribution in [0.3, 0.4) is 0 Å². The number of ether oxygens (including phenoxy) is 2. The third-order valence-corrected chi connectivity index (χ3v) is 7.20. The summed E-state index contributed by atoms with van der Waals surface area (Å²) in [5.41, 5.74) is 4.70. The van der Waals surface area contributed by atoms with Gasteiger partial charge < -0.3 is 19.5 Å². The molecule has 2 aromatic heterocycles. The monoisotopic (exact) mass is 535 g/mol. The number of carbonyl (C=O) groups is 1. The number of anilines is 1. The lowest BCUT2D eigenvalue weighted by Crippen LogP contribution is -2.39. The molecule has 39 heavy (non-hydrogen) atoms. The third kappa shape index (κ3) is 7.12. The van der Waals surface area contributed by atoms with Gasteiger partial charge in [0.15, 0.2) is 6.10 Å². The molecule has 1 aliphatic rings. The van der Waals surface area contributed by atoms with E-state index >= 15 is 0 Å². The second-order valence-corrected chi connectivity index (χ2v) is 11.2. The second kappa shape index (κ2) is 12.1. The van der Waals surface area contributed by atoms with Gasteiger partial charge in [-0.1, -0.05) is 26.0 Å². The summed E-state index contributed by atoms with van der Waals surface area (Å²) in [6, 6.07) is 10.1. The van der Waals surface area contributed by atoms with E-state index in [4.69, 9.17) is 9.47 Å². The largest absolute Gasteiger partial charge is 0.492 e. The van der Waals surface area contributed by atoms with Crippen molar-refractivity contribution in [3.8, 4) is 17.0 Å². The number of nitrogens with zero attached hydrogens (tertiary/aromatic N) is 3. The van der Waals surface area contributed by atoms with E-state index in [-0.39, 0.29) is 17.3 Å². The summed E-state index contributed by atoms with van der Waals surface area (Å²) in [7, 11) is 0. The van der Waals surface area contributed by atoms with Crippen molar-refractivity contribution < 1.29 is 23.8 Å². The molecule has 0 amide bonds. The van der Waals surface area contributed by atoms with Crippen molar-refractivity contribution >= 4 is 11.7 Å². The van der Waals surface area contributed by atoms with Gasteiger partial charge in [0, 0.05) is 42.5 Å². The maximum absolute atomic E-state index is 13.1. The Labute approximate surface area is 230 Å². The van der Waals surface area contributed by atoms with Gasteiger partial charge in [-0.3, -0.25) is 9.97 Å². The highest BCUT2D eigenvalue weighted by Gasteiger charge is 2.34.